The molecule has 0 aliphatic heterocycles. The molecule has 0 bridgehead atoms. The zero-order chi connectivity index (χ0) is 11.5. The molecule has 0 saturated carbocycles. The second-order valence-electron chi connectivity index (χ2n) is 3.04. The number of halogens is 1. The third-order valence-corrected chi connectivity index (χ3v) is 2.13. The van der Waals surface area contributed by atoms with Crippen molar-refractivity contribution in [1.82, 2.24) is 19.7 Å². The summed E-state index contributed by atoms with van der Waals surface area (Å²) in [7, 11) is 0. The Hall–Kier alpha value is -1.95. The molecule has 6 nitrogen and oxygen atoms in total. The predicted octanol–water partition coefficient (Wildman–Crippen LogP) is 1.07. The summed E-state index contributed by atoms with van der Waals surface area (Å²) in [6.45, 7) is 0.247. The number of nitrogens with zero attached hydrogens (tertiary/aromatic N) is 4. The van der Waals surface area contributed by atoms with Gasteiger partial charge in [-0.25, -0.2) is 14.8 Å². The van der Waals surface area contributed by atoms with Gasteiger partial charge in [0.25, 0.3) is 0 Å². The first-order chi connectivity index (χ1) is 7.66. The molecule has 0 fully saturated rings. The smallest absolute Gasteiger partial charge is 0.339 e. The van der Waals surface area contributed by atoms with Crippen molar-refractivity contribution in [1.29, 1.82) is 0 Å². The van der Waals surface area contributed by atoms with E-state index in [0.717, 1.165) is 0 Å². The van der Waals surface area contributed by atoms with Crippen LogP contribution in [0, 0.1) is 0 Å². The Morgan fingerprint density at radius 1 is 1.50 bits per heavy atom. The molecule has 1 N–H and O–H groups in total. The van der Waals surface area contributed by atoms with E-state index in [1.807, 2.05) is 0 Å². The molecule has 2 heterocycles. The highest BCUT2D eigenvalue weighted by Gasteiger charge is 2.11. The van der Waals surface area contributed by atoms with Crippen molar-refractivity contribution in [3.63, 3.8) is 0 Å². The van der Waals surface area contributed by atoms with E-state index in [2.05, 4.69) is 15.1 Å². The fourth-order valence-electron chi connectivity index (χ4n) is 1.24. The van der Waals surface area contributed by atoms with Gasteiger partial charge in [0.2, 0.25) is 0 Å². The van der Waals surface area contributed by atoms with Crippen molar-refractivity contribution < 1.29 is 9.90 Å². The Balaban J connectivity index is 2.31. The lowest BCUT2D eigenvalue weighted by Crippen LogP contribution is -2.10. The van der Waals surface area contributed by atoms with E-state index in [1.54, 1.807) is 6.20 Å². The Labute approximate surface area is 95.5 Å². The molecule has 0 radical (unpaired) electrons. The van der Waals surface area contributed by atoms with Crippen LogP contribution in [0.1, 0.15) is 16.1 Å². The predicted molar refractivity (Wildman–Crippen MR) is 55.3 cm³/mol. The van der Waals surface area contributed by atoms with Crippen molar-refractivity contribution in [3.8, 4) is 0 Å². The second-order valence-corrected chi connectivity index (χ2v) is 3.48. The van der Waals surface area contributed by atoms with Crippen LogP contribution in [0.4, 0.5) is 0 Å². The van der Waals surface area contributed by atoms with E-state index >= 15 is 0 Å². The number of hydrogen-bond donors (Lipinski definition) is 1. The Kier molecular flexibility index (Phi) is 2.82. The fourth-order valence-corrected chi connectivity index (χ4v) is 1.39. The van der Waals surface area contributed by atoms with Gasteiger partial charge in [0.1, 0.15) is 11.9 Å². The highest BCUT2D eigenvalue weighted by atomic mass is 35.5. The van der Waals surface area contributed by atoms with E-state index in [1.165, 1.54) is 23.4 Å². The second kappa shape index (κ2) is 4.28. The van der Waals surface area contributed by atoms with Gasteiger partial charge in [0.05, 0.1) is 23.5 Å². The van der Waals surface area contributed by atoms with Crippen LogP contribution in [0.5, 0.6) is 0 Å². The molecule has 0 saturated heterocycles. The molecule has 0 atom stereocenters. The maximum absolute atomic E-state index is 10.9. The Morgan fingerprint density at radius 3 is 2.94 bits per heavy atom. The van der Waals surface area contributed by atoms with Gasteiger partial charge in [-0.2, -0.15) is 5.10 Å². The molecule has 0 unspecified atom stereocenters. The summed E-state index contributed by atoms with van der Waals surface area (Å²) < 4.78 is 1.51. The normalized spacial score (nSPS) is 10.3. The van der Waals surface area contributed by atoms with Crippen molar-refractivity contribution >= 4 is 17.6 Å². The number of carbonyl (C=O) groups is 1. The molecule has 2 aromatic rings. The van der Waals surface area contributed by atoms with Crippen LogP contribution in [0.3, 0.4) is 0 Å². The van der Waals surface area contributed by atoms with E-state index in [-0.39, 0.29) is 12.1 Å². The highest BCUT2D eigenvalue weighted by molar-refractivity contribution is 6.30. The molecule has 2 rings (SSSR count). The number of rotatable bonds is 3. The fraction of sp³-hybridized carbons (Fsp3) is 0.111. The summed E-state index contributed by atoms with van der Waals surface area (Å²) in [4.78, 5) is 18.5. The summed E-state index contributed by atoms with van der Waals surface area (Å²) in [5.74, 6) is -1.06. The maximum atomic E-state index is 10.9. The largest absolute Gasteiger partial charge is 0.478 e. The van der Waals surface area contributed by atoms with Gasteiger partial charge in [-0.05, 0) is 0 Å². The van der Waals surface area contributed by atoms with Crippen LogP contribution in [-0.4, -0.2) is 30.8 Å². The van der Waals surface area contributed by atoms with Gasteiger partial charge in [-0.1, -0.05) is 11.6 Å². The highest BCUT2D eigenvalue weighted by Crippen LogP contribution is 2.09. The van der Waals surface area contributed by atoms with E-state index in [4.69, 9.17) is 16.7 Å². The van der Waals surface area contributed by atoms with Gasteiger partial charge in [-0.3, -0.25) is 4.68 Å². The van der Waals surface area contributed by atoms with Crippen molar-refractivity contribution in [2.75, 3.05) is 0 Å². The van der Waals surface area contributed by atoms with Gasteiger partial charge in [0.15, 0.2) is 0 Å². The monoisotopic (exact) mass is 238 g/mol. The van der Waals surface area contributed by atoms with Crippen molar-refractivity contribution in [2.45, 2.75) is 6.54 Å². The minimum atomic E-state index is -1.06. The molecule has 0 aliphatic rings. The zero-order valence-corrected chi connectivity index (χ0v) is 8.79. The molecule has 0 aromatic carbocycles. The topological polar surface area (TPSA) is 80.9 Å². The van der Waals surface area contributed by atoms with Gasteiger partial charge < -0.3 is 5.11 Å². The number of aromatic carboxylic acids is 1. The zero-order valence-electron chi connectivity index (χ0n) is 8.04. The quantitative estimate of drug-likeness (QED) is 0.865. The van der Waals surface area contributed by atoms with Gasteiger partial charge >= 0.3 is 5.97 Å². The van der Waals surface area contributed by atoms with Gasteiger partial charge in [0, 0.05) is 12.4 Å². The van der Waals surface area contributed by atoms with E-state index < -0.39 is 5.97 Å². The average Bonchev–Trinajstić information content (AvgIpc) is 2.64. The first-order valence-corrected chi connectivity index (χ1v) is 4.75. The maximum Gasteiger partial charge on any atom is 0.339 e. The first kappa shape index (κ1) is 10.6. The lowest BCUT2D eigenvalue weighted by molar-refractivity contribution is 0.0694. The van der Waals surface area contributed by atoms with Crippen LogP contribution in [0.25, 0.3) is 0 Å². The SMILES string of the molecule is O=C(O)c1cncnc1Cn1cc(Cl)cn1. The van der Waals surface area contributed by atoms with E-state index in [0.29, 0.717) is 10.7 Å². The minimum absolute atomic E-state index is 0.0640. The summed E-state index contributed by atoms with van der Waals surface area (Å²) in [6.07, 6.45) is 5.63. The molecule has 7 heteroatoms. The number of aromatic nitrogens is 4. The summed E-state index contributed by atoms with van der Waals surface area (Å²) in [5, 5.41) is 13.3. The van der Waals surface area contributed by atoms with Crippen molar-refractivity contribution in [3.05, 3.63) is 41.2 Å². The lowest BCUT2D eigenvalue weighted by Gasteiger charge is -2.03. The molecule has 16 heavy (non-hydrogen) atoms. The third kappa shape index (κ3) is 2.17. The number of hydrogen-bond acceptors (Lipinski definition) is 4. The number of carboxylic acid groups (broad SMARTS) is 1. The van der Waals surface area contributed by atoms with Crippen LogP contribution in [-0.2, 0) is 6.54 Å². The Bertz CT molecular complexity index is 526. The summed E-state index contributed by atoms with van der Waals surface area (Å²) >= 11 is 5.70. The third-order valence-electron chi connectivity index (χ3n) is 1.94. The number of carboxylic acids is 1. The molecule has 0 spiro atoms. The Morgan fingerprint density at radius 2 is 2.31 bits per heavy atom. The summed E-state index contributed by atoms with van der Waals surface area (Å²) in [6, 6.07) is 0. The molecule has 82 valence electrons. The minimum Gasteiger partial charge on any atom is -0.478 e. The standard InChI is InChI=1S/C9H7ClN4O2/c10-6-1-13-14(3-6)4-8-7(9(15)16)2-11-5-12-8/h1-3,5H,4H2,(H,15,16). The average molecular weight is 239 g/mol. The van der Waals surface area contributed by atoms with Crippen LogP contribution in [0.2, 0.25) is 5.02 Å². The van der Waals surface area contributed by atoms with Crippen LogP contribution in [0.15, 0.2) is 24.9 Å². The molecule has 2 aromatic heterocycles. The first-order valence-electron chi connectivity index (χ1n) is 4.37. The molecular weight excluding hydrogens is 232 g/mol. The van der Waals surface area contributed by atoms with Crippen LogP contribution >= 0.6 is 11.6 Å². The van der Waals surface area contributed by atoms with Crippen molar-refractivity contribution in [2.24, 2.45) is 0 Å². The van der Waals surface area contributed by atoms with Gasteiger partial charge in [-0.15, -0.1) is 0 Å². The molecular formula is C9H7ClN4O2. The summed E-state index contributed by atoms with van der Waals surface area (Å²) in [5.41, 5.74) is 0.455. The van der Waals surface area contributed by atoms with E-state index in [9.17, 15) is 4.79 Å². The molecule has 0 amide bonds. The lowest BCUT2D eigenvalue weighted by atomic mass is 10.2. The van der Waals surface area contributed by atoms with Crippen LogP contribution < -0.4 is 0 Å². The molecule has 0 aliphatic carbocycles.